The number of carbonyl (C=O) groups excluding carboxylic acids is 1. The second-order valence-electron chi connectivity index (χ2n) is 6.67. The Morgan fingerprint density at radius 3 is 2.43 bits per heavy atom. The van der Waals surface area contributed by atoms with Crippen LogP contribution in [0.3, 0.4) is 0 Å². The van der Waals surface area contributed by atoms with E-state index in [1.165, 1.54) is 6.26 Å². The SMILES string of the molecule is CS(=O)(=O)C1CC2CCC(C1)N2C(=O)c1cc2ccccc2o1. The van der Waals surface area contributed by atoms with Gasteiger partial charge in [0.15, 0.2) is 5.76 Å². The number of rotatable bonds is 2. The number of amides is 1. The molecule has 0 saturated carbocycles. The van der Waals surface area contributed by atoms with Gasteiger partial charge in [-0.15, -0.1) is 0 Å². The molecule has 2 aromatic rings. The third kappa shape index (κ3) is 2.45. The van der Waals surface area contributed by atoms with Crippen molar-refractivity contribution in [3.63, 3.8) is 0 Å². The van der Waals surface area contributed by atoms with Gasteiger partial charge in [0.25, 0.3) is 5.91 Å². The quantitative estimate of drug-likeness (QED) is 0.847. The van der Waals surface area contributed by atoms with Gasteiger partial charge in [-0.2, -0.15) is 0 Å². The zero-order valence-electron chi connectivity index (χ0n) is 12.9. The zero-order valence-corrected chi connectivity index (χ0v) is 13.8. The Bertz CT molecular complexity index is 823. The Labute approximate surface area is 135 Å². The Kier molecular flexibility index (Phi) is 3.27. The third-order valence-corrected chi connectivity index (χ3v) is 6.76. The highest BCUT2D eigenvalue weighted by atomic mass is 32.2. The molecule has 0 spiro atoms. The van der Waals surface area contributed by atoms with Gasteiger partial charge in [0.2, 0.25) is 0 Å². The summed E-state index contributed by atoms with van der Waals surface area (Å²) in [5.74, 6) is 0.238. The summed E-state index contributed by atoms with van der Waals surface area (Å²) in [5.41, 5.74) is 0.703. The van der Waals surface area contributed by atoms with E-state index in [4.69, 9.17) is 4.42 Å². The highest BCUT2D eigenvalue weighted by Gasteiger charge is 2.46. The molecule has 0 aliphatic carbocycles. The van der Waals surface area contributed by atoms with Gasteiger partial charge in [-0.25, -0.2) is 8.42 Å². The van der Waals surface area contributed by atoms with Gasteiger partial charge < -0.3 is 9.32 Å². The average molecular weight is 333 g/mol. The molecule has 2 fully saturated rings. The van der Waals surface area contributed by atoms with Crippen molar-refractivity contribution in [2.45, 2.75) is 43.0 Å². The maximum absolute atomic E-state index is 12.9. The summed E-state index contributed by atoms with van der Waals surface area (Å²) in [4.78, 5) is 14.7. The number of sulfone groups is 1. The number of piperidine rings is 1. The van der Waals surface area contributed by atoms with Crippen molar-refractivity contribution in [2.75, 3.05) is 6.26 Å². The molecule has 4 rings (SSSR count). The van der Waals surface area contributed by atoms with E-state index in [2.05, 4.69) is 0 Å². The number of hydrogen-bond donors (Lipinski definition) is 0. The fraction of sp³-hybridized carbons (Fsp3) is 0.471. The number of benzene rings is 1. The van der Waals surface area contributed by atoms with Crippen LogP contribution in [0.25, 0.3) is 11.0 Å². The standard InChI is InChI=1S/C17H19NO4S/c1-23(20,21)14-9-12-6-7-13(10-14)18(12)17(19)16-8-11-4-2-3-5-15(11)22-16/h2-5,8,12-14H,6-7,9-10H2,1H3. The molecule has 2 aliphatic heterocycles. The Morgan fingerprint density at radius 2 is 1.83 bits per heavy atom. The molecule has 6 heteroatoms. The first-order valence-electron chi connectivity index (χ1n) is 7.93. The van der Waals surface area contributed by atoms with E-state index in [1.54, 1.807) is 6.07 Å². The highest BCUT2D eigenvalue weighted by Crippen LogP contribution is 2.39. The molecule has 1 amide bonds. The Morgan fingerprint density at radius 1 is 1.17 bits per heavy atom. The molecule has 2 bridgehead atoms. The van der Waals surface area contributed by atoms with Crippen molar-refractivity contribution in [3.8, 4) is 0 Å². The van der Waals surface area contributed by atoms with Gasteiger partial charge in [-0.1, -0.05) is 18.2 Å². The van der Waals surface area contributed by atoms with E-state index in [1.807, 2.05) is 29.2 Å². The van der Waals surface area contributed by atoms with Crippen molar-refractivity contribution >= 4 is 26.7 Å². The van der Waals surface area contributed by atoms with Crippen molar-refractivity contribution in [1.82, 2.24) is 4.90 Å². The molecule has 122 valence electrons. The molecular formula is C17H19NO4S. The van der Waals surface area contributed by atoms with E-state index in [9.17, 15) is 13.2 Å². The van der Waals surface area contributed by atoms with E-state index >= 15 is 0 Å². The molecule has 3 heterocycles. The van der Waals surface area contributed by atoms with Crippen LogP contribution in [-0.2, 0) is 9.84 Å². The number of para-hydroxylation sites is 1. The van der Waals surface area contributed by atoms with E-state index in [0.717, 1.165) is 18.2 Å². The predicted molar refractivity (Wildman–Crippen MR) is 87.1 cm³/mol. The molecule has 1 aromatic heterocycles. The van der Waals surface area contributed by atoms with Crippen LogP contribution in [0.1, 0.15) is 36.2 Å². The number of furan rings is 1. The van der Waals surface area contributed by atoms with E-state index in [-0.39, 0.29) is 23.2 Å². The lowest BCUT2D eigenvalue weighted by atomic mass is 10.0. The maximum Gasteiger partial charge on any atom is 0.290 e. The summed E-state index contributed by atoms with van der Waals surface area (Å²) in [5, 5.41) is 0.592. The summed E-state index contributed by atoms with van der Waals surface area (Å²) in [6.07, 6.45) is 4.14. The molecule has 0 N–H and O–H groups in total. The maximum atomic E-state index is 12.9. The lowest BCUT2D eigenvalue weighted by Gasteiger charge is -2.37. The van der Waals surface area contributed by atoms with Gasteiger partial charge >= 0.3 is 0 Å². The van der Waals surface area contributed by atoms with E-state index < -0.39 is 9.84 Å². The first-order valence-corrected chi connectivity index (χ1v) is 9.89. The minimum absolute atomic E-state index is 0.00851. The van der Waals surface area contributed by atoms with Crippen LogP contribution in [0.4, 0.5) is 0 Å². The van der Waals surface area contributed by atoms with Gasteiger partial charge in [-0.3, -0.25) is 4.79 Å². The highest BCUT2D eigenvalue weighted by molar-refractivity contribution is 7.91. The normalized spacial score (nSPS) is 27.5. The summed E-state index contributed by atoms with van der Waals surface area (Å²) in [7, 11) is -3.05. The number of carbonyl (C=O) groups is 1. The molecule has 1 aromatic carbocycles. The molecule has 5 nitrogen and oxygen atoms in total. The first kappa shape index (κ1) is 14.8. The lowest BCUT2D eigenvalue weighted by Crippen LogP contribution is -2.49. The zero-order chi connectivity index (χ0) is 16.2. The second-order valence-corrected chi connectivity index (χ2v) is 8.99. The third-order valence-electron chi connectivity index (χ3n) is 5.17. The molecule has 2 atom stereocenters. The summed E-state index contributed by atoms with van der Waals surface area (Å²) in [6.45, 7) is 0. The molecular weight excluding hydrogens is 314 g/mol. The molecule has 23 heavy (non-hydrogen) atoms. The molecule has 2 saturated heterocycles. The van der Waals surface area contributed by atoms with Crippen molar-refractivity contribution < 1.29 is 17.6 Å². The minimum Gasteiger partial charge on any atom is -0.451 e. The Hall–Kier alpha value is -1.82. The summed E-state index contributed by atoms with van der Waals surface area (Å²) >= 11 is 0. The lowest BCUT2D eigenvalue weighted by molar-refractivity contribution is 0.0568. The molecule has 0 radical (unpaired) electrons. The topological polar surface area (TPSA) is 67.6 Å². The van der Waals surface area contributed by atoms with Gasteiger partial charge in [0.1, 0.15) is 15.4 Å². The van der Waals surface area contributed by atoms with Crippen molar-refractivity contribution in [3.05, 3.63) is 36.1 Å². The van der Waals surface area contributed by atoms with Gasteiger partial charge in [0.05, 0.1) is 5.25 Å². The van der Waals surface area contributed by atoms with Crippen LogP contribution < -0.4 is 0 Å². The molecule has 2 unspecified atom stereocenters. The van der Waals surface area contributed by atoms with E-state index in [0.29, 0.717) is 24.2 Å². The predicted octanol–water partition coefficient (Wildman–Crippen LogP) is 2.61. The summed E-state index contributed by atoms with van der Waals surface area (Å²) < 4.78 is 29.4. The number of hydrogen-bond acceptors (Lipinski definition) is 4. The Balaban J connectivity index is 1.62. The van der Waals surface area contributed by atoms with Gasteiger partial charge in [-0.05, 0) is 37.8 Å². The second kappa shape index (κ2) is 5.09. The molecule has 2 aliphatic rings. The van der Waals surface area contributed by atoms with Crippen LogP contribution in [0.2, 0.25) is 0 Å². The van der Waals surface area contributed by atoms with Crippen molar-refractivity contribution in [1.29, 1.82) is 0 Å². The fourth-order valence-electron chi connectivity index (χ4n) is 4.02. The fourth-order valence-corrected chi connectivity index (χ4v) is 5.17. The van der Waals surface area contributed by atoms with Crippen LogP contribution >= 0.6 is 0 Å². The largest absolute Gasteiger partial charge is 0.451 e. The average Bonchev–Trinajstić information content (AvgIpc) is 3.04. The minimum atomic E-state index is -3.05. The monoisotopic (exact) mass is 333 g/mol. The van der Waals surface area contributed by atoms with Crippen LogP contribution in [-0.4, -0.2) is 42.8 Å². The van der Waals surface area contributed by atoms with Crippen LogP contribution in [0.5, 0.6) is 0 Å². The first-order chi connectivity index (χ1) is 10.9. The smallest absolute Gasteiger partial charge is 0.290 e. The van der Waals surface area contributed by atoms with Gasteiger partial charge in [0, 0.05) is 23.7 Å². The van der Waals surface area contributed by atoms with Crippen LogP contribution in [0.15, 0.2) is 34.7 Å². The van der Waals surface area contributed by atoms with Crippen LogP contribution in [0, 0.1) is 0 Å². The number of fused-ring (bicyclic) bond motifs is 3. The summed E-state index contributed by atoms with van der Waals surface area (Å²) in [6, 6.07) is 9.34. The van der Waals surface area contributed by atoms with Crippen molar-refractivity contribution in [2.24, 2.45) is 0 Å². The number of nitrogens with zero attached hydrogens (tertiary/aromatic N) is 1.